The van der Waals surface area contributed by atoms with Crippen LogP contribution in [0.5, 0.6) is 0 Å². The lowest BCUT2D eigenvalue weighted by Crippen LogP contribution is -1.98. The largest absolute Gasteiger partial charge is 0.382 e. The molecule has 2 aromatic heterocycles. The van der Waals surface area contributed by atoms with Crippen LogP contribution in [0.4, 0.5) is 10.2 Å². The minimum absolute atomic E-state index is 0.360. The highest BCUT2D eigenvalue weighted by molar-refractivity contribution is 5.59. The molecule has 0 bridgehead atoms. The van der Waals surface area contributed by atoms with Gasteiger partial charge in [0.15, 0.2) is 0 Å². The fourth-order valence-electron chi connectivity index (χ4n) is 1.27. The van der Waals surface area contributed by atoms with Crippen LogP contribution in [-0.2, 0) is 0 Å². The number of pyridine rings is 1. The van der Waals surface area contributed by atoms with Crippen LogP contribution in [0.3, 0.4) is 0 Å². The maximum absolute atomic E-state index is 12.6. The molecule has 0 aliphatic rings. The molecule has 0 aliphatic heterocycles. The smallest absolute Gasteiger partial charge is 0.146 e. The summed E-state index contributed by atoms with van der Waals surface area (Å²) in [6, 6.07) is 4.59. The van der Waals surface area contributed by atoms with Gasteiger partial charge in [-0.25, -0.2) is 4.39 Å². The van der Waals surface area contributed by atoms with Gasteiger partial charge in [-0.1, -0.05) is 0 Å². The van der Waals surface area contributed by atoms with E-state index in [1.54, 1.807) is 12.1 Å². The van der Waals surface area contributed by atoms with E-state index in [0.717, 1.165) is 11.8 Å². The topological polar surface area (TPSA) is 64.7 Å². The summed E-state index contributed by atoms with van der Waals surface area (Å²) in [5.74, 6) is -0.0156. The van der Waals surface area contributed by atoms with Crippen LogP contribution >= 0.6 is 0 Å². The Labute approximate surface area is 86.0 Å². The van der Waals surface area contributed by atoms with Crippen molar-refractivity contribution in [3.63, 3.8) is 0 Å². The highest BCUT2D eigenvalue weighted by Crippen LogP contribution is 2.18. The molecule has 15 heavy (non-hydrogen) atoms. The SMILES string of the molecule is Cc1cc(N)nnc1-c1ccc(F)cn1. The van der Waals surface area contributed by atoms with Crippen molar-refractivity contribution in [2.24, 2.45) is 0 Å². The number of nitrogens with two attached hydrogens (primary N) is 1. The Kier molecular flexibility index (Phi) is 2.29. The van der Waals surface area contributed by atoms with Crippen LogP contribution in [0.2, 0.25) is 0 Å². The highest BCUT2D eigenvalue weighted by atomic mass is 19.1. The van der Waals surface area contributed by atoms with Gasteiger partial charge in [0.2, 0.25) is 0 Å². The van der Waals surface area contributed by atoms with E-state index >= 15 is 0 Å². The fourth-order valence-corrected chi connectivity index (χ4v) is 1.27. The van der Waals surface area contributed by atoms with E-state index in [1.807, 2.05) is 6.92 Å². The van der Waals surface area contributed by atoms with Crippen molar-refractivity contribution in [1.29, 1.82) is 0 Å². The third kappa shape index (κ3) is 1.90. The van der Waals surface area contributed by atoms with Crippen molar-refractivity contribution < 1.29 is 4.39 Å². The quantitative estimate of drug-likeness (QED) is 0.765. The zero-order valence-corrected chi connectivity index (χ0v) is 8.11. The number of nitrogens with zero attached hydrogens (tertiary/aromatic N) is 3. The van der Waals surface area contributed by atoms with Gasteiger partial charge in [-0.15, -0.1) is 10.2 Å². The van der Waals surface area contributed by atoms with Crippen molar-refractivity contribution in [2.75, 3.05) is 5.73 Å². The van der Waals surface area contributed by atoms with Crippen molar-refractivity contribution in [1.82, 2.24) is 15.2 Å². The summed E-state index contributed by atoms with van der Waals surface area (Å²) in [7, 11) is 0. The Morgan fingerprint density at radius 3 is 2.67 bits per heavy atom. The summed E-state index contributed by atoms with van der Waals surface area (Å²) in [5.41, 5.74) is 7.54. The number of halogens is 1. The van der Waals surface area contributed by atoms with Gasteiger partial charge < -0.3 is 5.73 Å². The molecule has 0 fully saturated rings. The summed E-state index contributed by atoms with van der Waals surface area (Å²) in [6.07, 6.45) is 1.15. The van der Waals surface area contributed by atoms with Crippen LogP contribution in [0, 0.1) is 12.7 Å². The molecule has 2 N–H and O–H groups in total. The van der Waals surface area contributed by atoms with Gasteiger partial charge in [-0.2, -0.15) is 0 Å². The highest BCUT2D eigenvalue weighted by Gasteiger charge is 2.06. The second kappa shape index (κ2) is 3.61. The van der Waals surface area contributed by atoms with E-state index in [-0.39, 0.29) is 5.82 Å². The molecule has 5 heteroatoms. The Balaban J connectivity index is 2.49. The molecule has 0 saturated carbocycles. The summed E-state index contributed by atoms with van der Waals surface area (Å²) in [6.45, 7) is 1.85. The predicted molar refractivity (Wildman–Crippen MR) is 54.4 cm³/mol. The van der Waals surface area contributed by atoms with Crippen molar-refractivity contribution in [2.45, 2.75) is 6.92 Å². The maximum Gasteiger partial charge on any atom is 0.146 e. The average molecular weight is 204 g/mol. The molecule has 0 aromatic carbocycles. The molecule has 0 amide bonds. The summed E-state index contributed by atoms with van der Waals surface area (Å²) in [5, 5.41) is 7.65. The molecular weight excluding hydrogens is 195 g/mol. The van der Waals surface area contributed by atoms with Crippen LogP contribution in [-0.4, -0.2) is 15.2 Å². The lowest BCUT2D eigenvalue weighted by molar-refractivity contribution is 0.621. The van der Waals surface area contributed by atoms with Gasteiger partial charge in [-0.05, 0) is 30.7 Å². The Morgan fingerprint density at radius 2 is 2.07 bits per heavy atom. The Hall–Kier alpha value is -2.04. The van der Waals surface area contributed by atoms with E-state index in [2.05, 4.69) is 15.2 Å². The van der Waals surface area contributed by atoms with E-state index < -0.39 is 0 Å². The van der Waals surface area contributed by atoms with Gasteiger partial charge >= 0.3 is 0 Å². The molecule has 0 atom stereocenters. The molecule has 2 heterocycles. The number of aryl methyl sites for hydroxylation is 1. The number of anilines is 1. The summed E-state index contributed by atoms with van der Waals surface area (Å²) >= 11 is 0. The van der Waals surface area contributed by atoms with Crippen molar-refractivity contribution >= 4 is 5.82 Å². The van der Waals surface area contributed by atoms with Crippen LogP contribution in [0.15, 0.2) is 24.4 Å². The molecular formula is C10H9FN4. The molecule has 76 valence electrons. The number of hydrogen-bond donors (Lipinski definition) is 1. The molecule has 2 rings (SSSR count). The van der Waals surface area contributed by atoms with Gasteiger partial charge in [0.1, 0.15) is 17.3 Å². The second-order valence-electron chi connectivity index (χ2n) is 3.16. The second-order valence-corrected chi connectivity index (χ2v) is 3.16. The average Bonchev–Trinajstić information content (AvgIpc) is 2.20. The van der Waals surface area contributed by atoms with Crippen molar-refractivity contribution in [3.05, 3.63) is 35.8 Å². The lowest BCUT2D eigenvalue weighted by Gasteiger charge is -2.03. The normalized spacial score (nSPS) is 10.3. The standard InChI is InChI=1S/C10H9FN4/c1-6-4-9(12)14-15-10(6)8-3-2-7(11)5-13-8/h2-5H,1H3,(H2,12,14). The summed E-state index contributed by atoms with van der Waals surface area (Å²) < 4.78 is 12.6. The number of nitrogen functional groups attached to an aromatic ring is 1. The number of aromatic nitrogens is 3. The van der Waals surface area contributed by atoms with Crippen LogP contribution in [0.25, 0.3) is 11.4 Å². The molecule has 0 radical (unpaired) electrons. The Bertz CT molecular complexity index is 481. The number of rotatable bonds is 1. The Morgan fingerprint density at radius 1 is 1.27 bits per heavy atom. The first kappa shape index (κ1) is 9.51. The van der Waals surface area contributed by atoms with Crippen LogP contribution in [0.1, 0.15) is 5.56 Å². The monoisotopic (exact) mass is 204 g/mol. The van der Waals surface area contributed by atoms with E-state index in [4.69, 9.17) is 5.73 Å². The van der Waals surface area contributed by atoms with Gasteiger partial charge in [0.05, 0.1) is 11.9 Å². The molecule has 0 unspecified atom stereocenters. The molecule has 4 nitrogen and oxygen atoms in total. The molecule has 0 saturated heterocycles. The minimum Gasteiger partial charge on any atom is -0.382 e. The van der Waals surface area contributed by atoms with Gasteiger partial charge in [0, 0.05) is 0 Å². The summed E-state index contributed by atoms with van der Waals surface area (Å²) in [4.78, 5) is 3.92. The molecule has 0 spiro atoms. The first-order valence-electron chi connectivity index (χ1n) is 4.38. The van der Waals surface area contributed by atoms with Gasteiger partial charge in [-0.3, -0.25) is 4.98 Å². The molecule has 2 aromatic rings. The zero-order valence-electron chi connectivity index (χ0n) is 8.11. The third-order valence-corrected chi connectivity index (χ3v) is 1.97. The van der Waals surface area contributed by atoms with Gasteiger partial charge in [0.25, 0.3) is 0 Å². The van der Waals surface area contributed by atoms with E-state index in [0.29, 0.717) is 17.2 Å². The zero-order chi connectivity index (χ0) is 10.8. The predicted octanol–water partition coefficient (Wildman–Crippen LogP) is 1.57. The minimum atomic E-state index is -0.375. The number of hydrogen-bond acceptors (Lipinski definition) is 4. The fraction of sp³-hybridized carbons (Fsp3) is 0.100. The first-order valence-corrected chi connectivity index (χ1v) is 4.38. The van der Waals surface area contributed by atoms with E-state index in [1.165, 1.54) is 6.07 Å². The van der Waals surface area contributed by atoms with Crippen molar-refractivity contribution in [3.8, 4) is 11.4 Å². The molecule has 0 aliphatic carbocycles. The van der Waals surface area contributed by atoms with E-state index in [9.17, 15) is 4.39 Å². The third-order valence-electron chi connectivity index (χ3n) is 1.97. The first-order chi connectivity index (χ1) is 7.16. The lowest BCUT2D eigenvalue weighted by atomic mass is 10.1. The van der Waals surface area contributed by atoms with Crippen LogP contribution < -0.4 is 5.73 Å². The maximum atomic E-state index is 12.6.